The van der Waals surface area contributed by atoms with Crippen LogP contribution in [-0.4, -0.2) is 52.3 Å². The molecule has 6 N–H and O–H groups in total. The average molecular weight is 317 g/mol. The lowest BCUT2D eigenvalue weighted by Crippen LogP contribution is -2.48. The van der Waals surface area contributed by atoms with Gasteiger partial charge in [0.2, 0.25) is 5.78 Å². The van der Waals surface area contributed by atoms with E-state index in [0.717, 1.165) is 6.92 Å². The van der Waals surface area contributed by atoms with Crippen LogP contribution in [0.4, 0.5) is 0 Å². The van der Waals surface area contributed by atoms with Crippen LogP contribution >= 0.6 is 0 Å². The number of aliphatic carboxylic acids is 2. The summed E-state index contributed by atoms with van der Waals surface area (Å²) >= 11 is 0. The molecule has 0 saturated heterocycles. The van der Waals surface area contributed by atoms with Gasteiger partial charge in [0.1, 0.15) is 6.04 Å². The Morgan fingerprint density at radius 3 is 2.23 bits per heavy atom. The van der Waals surface area contributed by atoms with E-state index in [0.29, 0.717) is 25.8 Å². The van der Waals surface area contributed by atoms with Gasteiger partial charge in [0.15, 0.2) is 5.78 Å². The second kappa shape index (κ2) is 10.8. The third-order valence-corrected chi connectivity index (χ3v) is 2.97. The summed E-state index contributed by atoms with van der Waals surface area (Å²) in [6.45, 7) is 1.56. The fourth-order valence-electron chi connectivity index (χ4n) is 1.68. The van der Waals surface area contributed by atoms with Crippen molar-refractivity contribution in [2.75, 3.05) is 6.54 Å². The maximum atomic E-state index is 11.6. The fraction of sp³-hybridized carbons (Fsp3) is 0.692. The Morgan fingerprint density at radius 2 is 1.73 bits per heavy atom. The van der Waals surface area contributed by atoms with Gasteiger partial charge in [0.05, 0.1) is 6.04 Å². The Morgan fingerprint density at radius 1 is 1.09 bits per heavy atom. The molecule has 0 aromatic carbocycles. The third kappa shape index (κ3) is 9.16. The molecule has 0 radical (unpaired) electrons. The molecule has 0 amide bonds. The molecule has 0 fully saturated rings. The van der Waals surface area contributed by atoms with E-state index >= 15 is 0 Å². The third-order valence-electron chi connectivity index (χ3n) is 2.97. The van der Waals surface area contributed by atoms with E-state index in [1.54, 1.807) is 0 Å². The highest BCUT2D eigenvalue weighted by atomic mass is 16.4. The number of ketones is 2. The van der Waals surface area contributed by atoms with Gasteiger partial charge in [-0.15, -0.1) is 0 Å². The second-order valence-electron chi connectivity index (χ2n) is 4.92. The van der Waals surface area contributed by atoms with Crippen LogP contribution in [0.5, 0.6) is 0 Å². The number of carboxylic acid groups (broad SMARTS) is 2. The molecular formula is C13H23N3O6. The molecule has 0 heterocycles. The normalized spacial score (nSPS) is 13.4. The largest absolute Gasteiger partial charge is 0.481 e. The SMILES string of the molecule is CC(=O)C(=O)[C@H](CCC(=O)O)NNCCCC[C@H](N)C(=O)O. The topological polar surface area (TPSA) is 159 Å². The van der Waals surface area contributed by atoms with E-state index in [-0.39, 0.29) is 12.8 Å². The molecular weight excluding hydrogens is 294 g/mol. The first-order valence-corrected chi connectivity index (χ1v) is 6.99. The molecule has 0 aromatic heterocycles. The molecule has 0 saturated carbocycles. The van der Waals surface area contributed by atoms with Gasteiger partial charge >= 0.3 is 11.9 Å². The second-order valence-corrected chi connectivity index (χ2v) is 4.92. The van der Waals surface area contributed by atoms with Crippen LogP contribution < -0.4 is 16.6 Å². The maximum absolute atomic E-state index is 11.6. The first-order chi connectivity index (χ1) is 10.3. The van der Waals surface area contributed by atoms with Gasteiger partial charge < -0.3 is 15.9 Å². The summed E-state index contributed by atoms with van der Waals surface area (Å²) in [6, 6.07) is -1.79. The Kier molecular flexibility index (Phi) is 9.92. The minimum absolute atomic E-state index is 0.00460. The number of hydrogen-bond acceptors (Lipinski definition) is 7. The van der Waals surface area contributed by atoms with Crippen molar-refractivity contribution < 1.29 is 29.4 Å². The number of Topliss-reactive ketones (excluding diaryl/α,β-unsaturated/α-hetero) is 2. The van der Waals surface area contributed by atoms with Gasteiger partial charge in [-0.25, -0.2) is 5.43 Å². The molecule has 0 spiro atoms. The zero-order chi connectivity index (χ0) is 17.1. The smallest absolute Gasteiger partial charge is 0.320 e. The molecule has 0 rings (SSSR count). The molecule has 0 bridgehead atoms. The van der Waals surface area contributed by atoms with Crippen LogP contribution in [0.15, 0.2) is 0 Å². The average Bonchev–Trinajstić information content (AvgIpc) is 2.44. The summed E-state index contributed by atoms with van der Waals surface area (Å²) in [4.78, 5) is 43.7. The Hall–Kier alpha value is -1.84. The highest BCUT2D eigenvalue weighted by molar-refractivity contribution is 6.38. The van der Waals surface area contributed by atoms with Gasteiger partial charge in [0.25, 0.3) is 0 Å². The lowest BCUT2D eigenvalue weighted by molar-refractivity contribution is -0.139. The molecule has 2 atom stereocenters. The highest BCUT2D eigenvalue weighted by Gasteiger charge is 2.22. The van der Waals surface area contributed by atoms with Gasteiger partial charge in [-0.3, -0.25) is 24.6 Å². The van der Waals surface area contributed by atoms with Crippen molar-refractivity contribution >= 4 is 23.5 Å². The molecule has 0 unspecified atom stereocenters. The first kappa shape index (κ1) is 20.2. The minimum atomic E-state index is -1.05. The quantitative estimate of drug-likeness (QED) is 0.164. The summed E-state index contributed by atoms with van der Waals surface area (Å²) in [5.74, 6) is -3.42. The number of rotatable bonds is 13. The summed E-state index contributed by atoms with van der Waals surface area (Å²) in [5, 5.41) is 17.2. The van der Waals surface area contributed by atoms with Crippen molar-refractivity contribution in [3.05, 3.63) is 0 Å². The Labute approximate surface area is 128 Å². The summed E-state index contributed by atoms with van der Waals surface area (Å²) in [7, 11) is 0. The standard InChI is InChI=1S/C13H23N3O6/c1-8(17)12(20)10(5-6-11(18)19)16-15-7-3-2-4-9(14)13(21)22/h9-10,15-16H,2-7,14H2,1H3,(H,18,19)(H,21,22)/t9-,10-/m0/s1. The summed E-state index contributed by atoms with van der Waals surface area (Å²) < 4.78 is 0. The van der Waals surface area contributed by atoms with Crippen molar-refractivity contribution in [3.63, 3.8) is 0 Å². The van der Waals surface area contributed by atoms with Crippen LogP contribution in [0, 0.1) is 0 Å². The molecule has 9 nitrogen and oxygen atoms in total. The van der Waals surface area contributed by atoms with E-state index in [2.05, 4.69) is 10.9 Å². The van der Waals surface area contributed by atoms with Crippen molar-refractivity contribution in [1.29, 1.82) is 0 Å². The highest BCUT2D eigenvalue weighted by Crippen LogP contribution is 2.01. The molecule has 22 heavy (non-hydrogen) atoms. The monoisotopic (exact) mass is 317 g/mol. The minimum Gasteiger partial charge on any atom is -0.481 e. The fourth-order valence-corrected chi connectivity index (χ4v) is 1.68. The molecule has 0 aliphatic rings. The van der Waals surface area contributed by atoms with Crippen LogP contribution in [0.3, 0.4) is 0 Å². The number of hydrazine groups is 1. The van der Waals surface area contributed by atoms with E-state index in [4.69, 9.17) is 15.9 Å². The molecule has 0 aromatic rings. The van der Waals surface area contributed by atoms with Gasteiger partial charge in [0, 0.05) is 19.9 Å². The molecule has 0 aliphatic heterocycles. The van der Waals surface area contributed by atoms with Crippen molar-refractivity contribution in [3.8, 4) is 0 Å². The zero-order valence-corrected chi connectivity index (χ0v) is 12.5. The number of unbranched alkanes of at least 4 members (excludes halogenated alkanes) is 1. The van der Waals surface area contributed by atoms with Crippen LogP contribution in [0.1, 0.15) is 39.0 Å². The first-order valence-electron chi connectivity index (χ1n) is 6.99. The van der Waals surface area contributed by atoms with Crippen LogP contribution in [-0.2, 0) is 19.2 Å². The number of carboxylic acids is 2. The van der Waals surface area contributed by atoms with E-state index in [9.17, 15) is 19.2 Å². The summed E-state index contributed by atoms with van der Waals surface area (Å²) in [5.41, 5.74) is 10.7. The van der Waals surface area contributed by atoms with Gasteiger partial charge in [-0.2, -0.15) is 0 Å². The predicted molar refractivity (Wildman–Crippen MR) is 76.9 cm³/mol. The van der Waals surface area contributed by atoms with E-state index in [1.165, 1.54) is 0 Å². The Balaban J connectivity index is 4.02. The lowest BCUT2D eigenvalue weighted by Gasteiger charge is -2.16. The Bertz CT molecular complexity index is 413. The van der Waals surface area contributed by atoms with E-state index in [1.807, 2.05) is 0 Å². The van der Waals surface area contributed by atoms with Crippen molar-refractivity contribution in [2.45, 2.75) is 51.1 Å². The number of nitrogens with one attached hydrogen (secondary N) is 2. The van der Waals surface area contributed by atoms with E-state index < -0.39 is 35.6 Å². The molecule has 9 heteroatoms. The zero-order valence-electron chi connectivity index (χ0n) is 12.5. The lowest BCUT2D eigenvalue weighted by atomic mass is 10.1. The van der Waals surface area contributed by atoms with Crippen molar-refractivity contribution in [2.24, 2.45) is 5.73 Å². The van der Waals surface area contributed by atoms with Crippen LogP contribution in [0.25, 0.3) is 0 Å². The number of carbonyl (C=O) groups excluding carboxylic acids is 2. The van der Waals surface area contributed by atoms with Gasteiger partial charge in [-0.05, 0) is 25.7 Å². The maximum Gasteiger partial charge on any atom is 0.320 e. The van der Waals surface area contributed by atoms with Gasteiger partial charge in [-0.1, -0.05) is 0 Å². The van der Waals surface area contributed by atoms with Crippen molar-refractivity contribution in [1.82, 2.24) is 10.9 Å². The molecule has 0 aliphatic carbocycles. The molecule has 126 valence electrons. The van der Waals surface area contributed by atoms with Crippen LogP contribution in [0.2, 0.25) is 0 Å². The predicted octanol–water partition coefficient (Wildman–Crippen LogP) is -0.946. The summed E-state index contributed by atoms with van der Waals surface area (Å²) in [6.07, 6.45) is 1.32. The number of carbonyl (C=O) groups is 4. The number of nitrogens with two attached hydrogens (primary N) is 1. The number of hydrogen-bond donors (Lipinski definition) is 5.